The largest absolute Gasteiger partial charge is 0.479 e. The van der Waals surface area contributed by atoms with Crippen molar-refractivity contribution < 1.29 is 108 Å². The van der Waals surface area contributed by atoms with Crippen LogP contribution in [0.5, 0.6) is 0 Å². The number of rotatable bonds is 13. The number of hydrogen-bond donors (Lipinski definition) is 7. The molecule has 0 aromatic carbocycles. The lowest BCUT2D eigenvalue weighted by atomic mass is 9.96. The Morgan fingerprint density at radius 2 is 1.20 bits per heavy atom. The molecule has 0 aromatic rings. The fraction of sp³-hybridized carbons (Fsp3) is 0.923. The summed E-state index contributed by atoms with van der Waals surface area (Å²) in [4.78, 5) is 11.6. The van der Waals surface area contributed by atoms with Gasteiger partial charge in [0.1, 0.15) is 30.5 Å². The lowest BCUT2D eigenvalue weighted by Crippen LogP contribution is -2.66. The zero-order chi connectivity index (χ0) is 31.7. The van der Waals surface area contributed by atoms with Crippen LogP contribution in [0.1, 0.15) is 0 Å². The molecule has 0 spiro atoms. The predicted molar refractivity (Wildman–Crippen MR) is 116 cm³/mol. The second kappa shape index (κ2) is 13.1. The average molecular weight is 691 g/mol. The van der Waals surface area contributed by atoms with Crippen LogP contribution in [-0.4, -0.2) is 148 Å². The number of carboxylic acids is 1. The van der Waals surface area contributed by atoms with Crippen molar-refractivity contribution in [2.75, 3.05) is 13.7 Å². The van der Waals surface area contributed by atoms with Crippen LogP contribution in [0.2, 0.25) is 0 Å². The van der Waals surface area contributed by atoms with Crippen molar-refractivity contribution in [3.8, 4) is 0 Å². The molecule has 0 bridgehead atoms. The van der Waals surface area contributed by atoms with Crippen LogP contribution in [0, 0.1) is 0 Å². The third kappa shape index (κ3) is 10.7. The van der Waals surface area contributed by atoms with Crippen LogP contribution in [0.3, 0.4) is 0 Å². The molecule has 24 nitrogen and oxygen atoms in total. The molecule has 2 fully saturated rings. The fourth-order valence-corrected chi connectivity index (χ4v) is 5.42. The van der Waals surface area contributed by atoms with E-state index in [1.54, 1.807) is 0 Å². The molecular formula is C13H22O24S4. The van der Waals surface area contributed by atoms with E-state index < -0.39 is 116 Å². The second-order valence-electron chi connectivity index (χ2n) is 7.80. The minimum atomic E-state index is -5.75. The molecule has 0 amide bonds. The van der Waals surface area contributed by atoms with Crippen molar-refractivity contribution in [1.82, 2.24) is 0 Å². The van der Waals surface area contributed by atoms with Crippen LogP contribution >= 0.6 is 0 Å². The van der Waals surface area contributed by atoms with Crippen molar-refractivity contribution >= 4 is 47.6 Å². The Balaban J connectivity index is 2.69. The van der Waals surface area contributed by atoms with Crippen molar-refractivity contribution in [3.63, 3.8) is 0 Å². The Labute approximate surface area is 230 Å². The molecule has 7 N–H and O–H groups in total. The standard InChI is InChI=1S/C13H22O24S4/c1-30-6-4(14)7(11(15)16)34-13(10(6)37-41(27,28)29)33-5-3(2-31-38(18,19)20)32-12(17)9(36-40(24,25)26)8(5)35-39(21,22)23/h3-10,12-14,17H,2H2,1H3,(H,15,16)(H,18,19,20)(H,21,22,23)(H,24,25,26)(H,27,28,29)/t3-,4+,5-,6+,7-,8+,9+,10-,12+,13+/m1/s1. The maximum absolute atomic E-state index is 11.6. The Bertz CT molecular complexity index is 1360. The molecule has 2 aliphatic rings. The third-order valence-corrected chi connectivity index (χ3v) is 6.85. The van der Waals surface area contributed by atoms with E-state index in [1.807, 2.05) is 0 Å². The summed E-state index contributed by atoms with van der Waals surface area (Å²) in [6.45, 7) is -1.49. The fourth-order valence-electron chi connectivity index (χ4n) is 3.65. The van der Waals surface area contributed by atoms with Gasteiger partial charge in [0.15, 0.2) is 30.9 Å². The maximum Gasteiger partial charge on any atom is 0.397 e. The number of carbonyl (C=O) groups is 1. The SMILES string of the molecule is CO[C@H]1[C@H](O)[C@H](C(=O)O)O[C@H](O[C@H]2[C@H](OS(=O)(=O)O)[C@H](OS(=O)(=O)O)[C@@H](O)O[C@@H]2COS(=O)(=O)O)[C@@H]1OS(=O)(=O)O. The first-order chi connectivity index (χ1) is 18.4. The second-order valence-corrected chi connectivity index (χ2v) is 12.0. The van der Waals surface area contributed by atoms with E-state index in [1.165, 1.54) is 0 Å². The zero-order valence-corrected chi connectivity index (χ0v) is 23.0. The lowest BCUT2D eigenvalue weighted by molar-refractivity contribution is -0.344. The predicted octanol–water partition coefficient (Wildman–Crippen LogP) is -5.34. The Kier molecular flexibility index (Phi) is 11.5. The topological polar surface area (TPSA) is 369 Å². The van der Waals surface area contributed by atoms with Crippen LogP contribution in [-0.2, 0) is 82.1 Å². The summed E-state index contributed by atoms with van der Waals surface area (Å²) < 4.78 is 164. The molecule has 10 atom stereocenters. The van der Waals surface area contributed by atoms with Gasteiger partial charge >= 0.3 is 47.6 Å². The highest BCUT2D eigenvalue weighted by Gasteiger charge is 2.57. The van der Waals surface area contributed by atoms with E-state index in [2.05, 4.69) is 16.7 Å². The third-order valence-electron chi connectivity index (χ3n) is 5.02. The number of ether oxygens (including phenoxy) is 4. The first-order valence-electron chi connectivity index (χ1n) is 10.1. The van der Waals surface area contributed by atoms with Gasteiger partial charge in [0, 0.05) is 7.11 Å². The summed E-state index contributed by atoms with van der Waals surface area (Å²) in [5.41, 5.74) is 0. The summed E-state index contributed by atoms with van der Waals surface area (Å²) in [6.07, 6.45) is -24.8. The molecular weight excluding hydrogens is 668 g/mol. The summed E-state index contributed by atoms with van der Waals surface area (Å²) in [7, 11) is -21.5. The van der Waals surface area contributed by atoms with Crippen LogP contribution in [0.4, 0.5) is 0 Å². The highest BCUT2D eigenvalue weighted by atomic mass is 32.3. The normalized spacial score (nSPS) is 35.7. The maximum atomic E-state index is 11.6. The molecule has 41 heavy (non-hydrogen) atoms. The molecule has 2 heterocycles. The Morgan fingerprint density at radius 1 is 0.707 bits per heavy atom. The van der Waals surface area contributed by atoms with E-state index in [0.717, 1.165) is 7.11 Å². The number of aliphatic carboxylic acids is 1. The van der Waals surface area contributed by atoms with Gasteiger partial charge in [0.25, 0.3) is 0 Å². The van der Waals surface area contributed by atoms with Gasteiger partial charge in [-0.05, 0) is 0 Å². The number of aliphatic hydroxyl groups excluding tert-OH is 2. The monoisotopic (exact) mass is 690 g/mol. The van der Waals surface area contributed by atoms with Crippen molar-refractivity contribution in [2.24, 2.45) is 0 Å². The highest BCUT2D eigenvalue weighted by molar-refractivity contribution is 7.81. The number of hydrogen-bond acceptors (Lipinski definition) is 19. The Hall–Kier alpha value is -1.29. The summed E-state index contributed by atoms with van der Waals surface area (Å²) in [5, 5.41) is 29.8. The highest BCUT2D eigenvalue weighted by Crippen LogP contribution is 2.34. The molecule has 0 aromatic heterocycles. The summed E-state index contributed by atoms with van der Waals surface area (Å²) in [6, 6.07) is 0. The van der Waals surface area contributed by atoms with Gasteiger partial charge in [-0.25, -0.2) is 21.5 Å². The summed E-state index contributed by atoms with van der Waals surface area (Å²) in [5.74, 6) is -1.96. The van der Waals surface area contributed by atoms with Gasteiger partial charge < -0.3 is 34.3 Å². The minimum Gasteiger partial charge on any atom is -0.479 e. The van der Waals surface area contributed by atoms with Gasteiger partial charge in [-0.2, -0.15) is 33.7 Å². The van der Waals surface area contributed by atoms with E-state index in [4.69, 9.17) is 32.6 Å². The van der Waals surface area contributed by atoms with Crippen LogP contribution in [0.15, 0.2) is 0 Å². The molecule has 28 heteroatoms. The first-order valence-corrected chi connectivity index (χ1v) is 15.6. The molecule has 0 aliphatic carbocycles. The quantitative estimate of drug-likeness (QED) is 0.0887. The van der Waals surface area contributed by atoms with Crippen molar-refractivity contribution in [2.45, 2.75) is 61.4 Å². The first kappa shape index (κ1) is 35.9. The lowest BCUT2D eigenvalue weighted by Gasteiger charge is -2.46. The smallest absolute Gasteiger partial charge is 0.397 e. The number of carboxylic acid groups (broad SMARTS) is 1. The van der Waals surface area contributed by atoms with Crippen molar-refractivity contribution in [1.29, 1.82) is 0 Å². The van der Waals surface area contributed by atoms with Gasteiger partial charge in [0.2, 0.25) is 0 Å². The molecule has 242 valence electrons. The summed E-state index contributed by atoms with van der Waals surface area (Å²) >= 11 is 0. The molecule has 0 radical (unpaired) electrons. The van der Waals surface area contributed by atoms with Crippen LogP contribution < -0.4 is 0 Å². The number of methoxy groups -OCH3 is 1. The molecule has 0 unspecified atom stereocenters. The average Bonchev–Trinajstić information content (AvgIpc) is 2.75. The van der Waals surface area contributed by atoms with Crippen molar-refractivity contribution in [3.05, 3.63) is 0 Å². The Morgan fingerprint density at radius 3 is 1.63 bits per heavy atom. The van der Waals surface area contributed by atoms with E-state index in [-0.39, 0.29) is 0 Å². The molecule has 2 aliphatic heterocycles. The van der Waals surface area contributed by atoms with Gasteiger partial charge in [-0.1, -0.05) is 0 Å². The number of aliphatic hydroxyl groups is 2. The van der Waals surface area contributed by atoms with E-state index in [0.29, 0.717) is 0 Å². The van der Waals surface area contributed by atoms with E-state index >= 15 is 0 Å². The molecule has 2 rings (SSSR count). The molecule has 0 saturated carbocycles. The minimum absolute atomic E-state index is 0.776. The van der Waals surface area contributed by atoms with Crippen LogP contribution in [0.25, 0.3) is 0 Å². The molecule has 2 saturated heterocycles. The van der Waals surface area contributed by atoms with Gasteiger partial charge in [0.05, 0.1) is 6.61 Å². The zero-order valence-electron chi connectivity index (χ0n) is 19.7. The van der Waals surface area contributed by atoms with Gasteiger partial charge in [-0.3, -0.25) is 18.2 Å². The van der Waals surface area contributed by atoms with E-state index in [9.17, 15) is 58.3 Å². The van der Waals surface area contributed by atoms with Gasteiger partial charge in [-0.15, -0.1) is 0 Å².